The molecule has 1 saturated heterocycles. The summed E-state index contributed by atoms with van der Waals surface area (Å²) in [6.07, 6.45) is 3.60. The summed E-state index contributed by atoms with van der Waals surface area (Å²) >= 11 is 0. The number of nitrogens with one attached hydrogen (secondary N) is 1. The highest BCUT2D eigenvalue weighted by molar-refractivity contribution is 5.92. The third-order valence-corrected chi connectivity index (χ3v) is 3.34. The molecule has 2 heterocycles. The molecule has 2 rings (SSSR count). The van der Waals surface area contributed by atoms with Crippen molar-refractivity contribution < 1.29 is 9.90 Å². The number of nitrogens with zero attached hydrogens (tertiary/aromatic N) is 2. The van der Waals surface area contributed by atoms with Gasteiger partial charge in [0.2, 0.25) is 0 Å². The highest BCUT2D eigenvalue weighted by Gasteiger charge is 2.24. The highest BCUT2D eigenvalue weighted by atomic mass is 16.3. The van der Waals surface area contributed by atoms with E-state index in [9.17, 15) is 4.79 Å². The summed E-state index contributed by atoms with van der Waals surface area (Å²) in [5.74, 6) is 0.162. The van der Waals surface area contributed by atoms with Gasteiger partial charge in [-0.1, -0.05) is 0 Å². The predicted molar refractivity (Wildman–Crippen MR) is 69.5 cm³/mol. The van der Waals surface area contributed by atoms with Crippen molar-refractivity contribution in [2.45, 2.75) is 12.8 Å². The van der Waals surface area contributed by atoms with Crippen LogP contribution < -0.4 is 5.32 Å². The highest BCUT2D eigenvalue weighted by Crippen LogP contribution is 2.18. The Morgan fingerprint density at radius 1 is 1.61 bits per heavy atom. The van der Waals surface area contributed by atoms with Crippen molar-refractivity contribution in [2.75, 3.05) is 32.1 Å². The number of pyridine rings is 1. The van der Waals surface area contributed by atoms with Gasteiger partial charge in [0.05, 0.1) is 11.9 Å². The van der Waals surface area contributed by atoms with Gasteiger partial charge in [0.1, 0.15) is 5.69 Å². The van der Waals surface area contributed by atoms with E-state index in [4.69, 9.17) is 5.11 Å². The van der Waals surface area contributed by atoms with Gasteiger partial charge in [-0.25, -0.2) is 4.98 Å². The molecule has 0 bridgehead atoms. The zero-order valence-electron chi connectivity index (χ0n) is 10.6. The summed E-state index contributed by atoms with van der Waals surface area (Å²) in [5, 5.41) is 12.1. The Morgan fingerprint density at radius 3 is 3.06 bits per heavy atom. The Morgan fingerprint density at radius 2 is 2.44 bits per heavy atom. The number of hydrogen-bond donors (Lipinski definition) is 2. The number of aliphatic hydroxyl groups is 1. The Bertz CT molecular complexity index is 405. The van der Waals surface area contributed by atoms with Crippen molar-refractivity contribution in [3.8, 4) is 0 Å². The van der Waals surface area contributed by atoms with E-state index in [1.54, 1.807) is 17.2 Å². The first-order chi connectivity index (χ1) is 8.74. The summed E-state index contributed by atoms with van der Waals surface area (Å²) in [4.78, 5) is 18.2. The van der Waals surface area contributed by atoms with E-state index in [0.29, 0.717) is 12.2 Å². The second-order valence-electron chi connectivity index (χ2n) is 4.62. The molecule has 1 amide bonds. The molecule has 1 atom stereocenters. The van der Waals surface area contributed by atoms with Gasteiger partial charge in [-0.2, -0.15) is 0 Å². The number of aliphatic hydroxyl groups excluding tert-OH is 1. The zero-order chi connectivity index (χ0) is 13.0. The molecular weight excluding hydrogens is 230 g/mol. The molecule has 0 saturated carbocycles. The van der Waals surface area contributed by atoms with Gasteiger partial charge in [-0.15, -0.1) is 0 Å². The van der Waals surface area contributed by atoms with E-state index in [-0.39, 0.29) is 18.4 Å². The lowest BCUT2D eigenvalue weighted by Crippen LogP contribution is -2.41. The molecular formula is C13H19N3O2. The maximum atomic E-state index is 12.2. The van der Waals surface area contributed by atoms with Crippen molar-refractivity contribution in [3.05, 3.63) is 24.0 Å². The zero-order valence-corrected chi connectivity index (χ0v) is 10.6. The molecule has 0 aromatic carbocycles. The number of rotatable bonds is 3. The van der Waals surface area contributed by atoms with Gasteiger partial charge in [0, 0.05) is 26.7 Å². The minimum absolute atomic E-state index is 0.0456. The number of carbonyl (C=O) groups excluding carboxylic acids is 1. The summed E-state index contributed by atoms with van der Waals surface area (Å²) in [5.41, 5.74) is 1.35. The van der Waals surface area contributed by atoms with Gasteiger partial charge >= 0.3 is 0 Å². The van der Waals surface area contributed by atoms with Gasteiger partial charge in [-0.3, -0.25) is 4.79 Å². The van der Waals surface area contributed by atoms with E-state index < -0.39 is 0 Å². The van der Waals surface area contributed by atoms with E-state index in [1.807, 2.05) is 13.1 Å². The number of amides is 1. The Labute approximate surface area is 107 Å². The van der Waals surface area contributed by atoms with Crippen LogP contribution in [0, 0.1) is 5.92 Å². The summed E-state index contributed by atoms with van der Waals surface area (Å²) in [7, 11) is 1.81. The summed E-state index contributed by atoms with van der Waals surface area (Å²) in [6.45, 7) is 1.53. The molecule has 0 aliphatic carbocycles. The number of anilines is 1. The van der Waals surface area contributed by atoms with Crippen LogP contribution in [0.4, 0.5) is 5.69 Å². The SMILES string of the molecule is CNc1ccc(C(=O)N2CCCC(CO)C2)nc1. The number of aromatic nitrogens is 1. The van der Waals surface area contributed by atoms with Crippen molar-refractivity contribution >= 4 is 11.6 Å². The standard InChI is InChI=1S/C13H19N3O2/c1-14-11-4-5-12(15-7-11)13(18)16-6-2-3-10(8-16)9-17/h4-5,7,10,14,17H,2-3,6,8-9H2,1H3. The Kier molecular flexibility index (Phi) is 4.15. The Balaban J connectivity index is 2.05. The fraction of sp³-hybridized carbons (Fsp3) is 0.538. The van der Waals surface area contributed by atoms with Crippen molar-refractivity contribution in [1.29, 1.82) is 0 Å². The molecule has 18 heavy (non-hydrogen) atoms. The van der Waals surface area contributed by atoms with E-state index in [1.165, 1.54) is 0 Å². The first kappa shape index (κ1) is 12.8. The molecule has 98 valence electrons. The van der Waals surface area contributed by atoms with E-state index in [2.05, 4.69) is 10.3 Å². The van der Waals surface area contributed by atoms with Crippen LogP contribution in [0.2, 0.25) is 0 Å². The van der Waals surface area contributed by atoms with Crippen LogP contribution in [0.25, 0.3) is 0 Å². The molecule has 1 aliphatic heterocycles. The number of likely N-dealkylation sites (tertiary alicyclic amines) is 1. The third-order valence-electron chi connectivity index (χ3n) is 3.34. The van der Waals surface area contributed by atoms with E-state index in [0.717, 1.165) is 25.1 Å². The molecule has 0 radical (unpaired) electrons. The van der Waals surface area contributed by atoms with E-state index >= 15 is 0 Å². The minimum atomic E-state index is -0.0456. The molecule has 5 heteroatoms. The number of piperidine rings is 1. The molecule has 1 aromatic heterocycles. The molecule has 1 fully saturated rings. The second kappa shape index (κ2) is 5.82. The average molecular weight is 249 g/mol. The van der Waals surface area contributed by atoms with Crippen molar-refractivity contribution in [3.63, 3.8) is 0 Å². The van der Waals surface area contributed by atoms with Crippen LogP contribution in [0.3, 0.4) is 0 Å². The van der Waals surface area contributed by atoms with Crippen molar-refractivity contribution in [2.24, 2.45) is 5.92 Å². The molecule has 1 aliphatic rings. The fourth-order valence-electron chi connectivity index (χ4n) is 2.23. The largest absolute Gasteiger partial charge is 0.396 e. The summed E-state index contributed by atoms with van der Waals surface area (Å²) < 4.78 is 0. The number of hydrogen-bond acceptors (Lipinski definition) is 4. The van der Waals surface area contributed by atoms with Crippen LogP contribution in [0.5, 0.6) is 0 Å². The first-order valence-electron chi connectivity index (χ1n) is 6.28. The molecule has 0 spiro atoms. The van der Waals surface area contributed by atoms with Crippen LogP contribution >= 0.6 is 0 Å². The number of carbonyl (C=O) groups is 1. The van der Waals surface area contributed by atoms with Crippen LogP contribution in [0.1, 0.15) is 23.3 Å². The lowest BCUT2D eigenvalue weighted by Gasteiger charge is -2.31. The Hall–Kier alpha value is -1.62. The molecule has 2 N–H and O–H groups in total. The normalized spacial score (nSPS) is 19.7. The maximum Gasteiger partial charge on any atom is 0.272 e. The fourth-order valence-corrected chi connectivity index (χ4v) is 2.23. The monoisotopic (exact) mass is 249 g/mol. The van der Waals surface area contributed by atoms with Crippen LogP contribution in [-0.2, 0) is 0 Å². The van der Waals surface area contributed by atoms with Crippen LogP contribution in [0.15, 0.2) is 18.3 Å². The summed E-state index contributed by atoms with van der Waals surface area (Å²) in [6, 6.07) is 3.57. The van der Waals surface area contributed by atoms with Gasteiger partial charge in [0.25, 0.3) is 5.91 Å². The van der Waals surface area contributed by atoms with Crippen LogP contribution in [-0.4, -0.2) is 47.6 Å². The lowest BCUT2D eigenvalue weighted by molar-refractivity contribution is 0.0615. The van der Waals surface area contributed by atoms with Gasteiger partial charge < -0.3 is 15.3 Å². The molecule has 1 aromatic rings. The smallest absolute Gasteiger partial charge is 0.272 e. The lowest BCUT2D eigenvalue weighted by atomic mass is 9.99. The second-order valence-corrected chi connectivity index (χ2v) is 4.62. The topological polar surface area (TPSA) is 65.5 Å². The average Bonchev–Trinajstić information content (AvgIpc) is 2.46. The predicted octanol–water partition coefficient (Wildman–Crippen LogP) is 0.968. The first-order valence-corrected chi connectivity index (χ1v) is 6.28. The third kappa shape index (κ3) is 2.79. The maximum absolute atomic E-state index is 12.2. The van der Waals surface area contributed by atoms with Gasteiger partial charge in [-0.05, 0) is 30.9 Å². The van der Waals surface area contributed by atoms with Gasteiger partial charge in [0.15, 0.2) is 0 Å². The quantitative estimate of drug-likeness (QED) is 0.837. The molecule has 5 nitrogen and oxygen atoms in total. The van der Waals surface area contributed by atoms with Crippen molar-refractivity contribution in [1.82, 2.24) is 9.88 Å². The minimum Gasteiger partial charge on any atom is -0.396 e. The molecule has 1 unspecified atom stereocenters.